The Labute approximate surface area is 524 Å². The van der Waals surface area contributed by atoms with Crippen LogP contribution in [-0.2, 0) is 17.6 Å². The number of ether oxygens (including phenoxy) is 2. The number of hydrogen-bond donors (Lipinski definition) is 2. The van der Waals surface area contributed by atoms with Crippen molar-refractivity contribution in [2.75, 3.05) is 0 Å². The van der Waals surface area contributed by atoms with Crippen molar-refractivity contribution in [3.8, 4) is 45.3 Å². The summed E-state index contributed by atoms with van der Waals surface area (Å²) in [5, 5.41) is 30.6. The maximum absolute atomic E-state index is 12.4. The van der Waals surface area contributed by atoms with Gasteiger partial charge in [-0.3, -0.25) is 0 Å². The van der Waals surface area contributed by atoms with E-state index in [1.165, 1.54) is 16.3 Å². The van der Waals surface area contributed by atoms with Gasteiger partial charge in [-0.05, 0) is 175 Å². The Balaban J connectivity index is 0.897. The first-order valence-corrected chi connectivity index (χ1v) is 32.1. The molecular weight excluding hydrogens is 1080 g/mol. The maximum Gasteiger partial charge on any atom is 0.179 e. The van der Waals surface area contributed by atoms with Crippen LogP contribution in [0.3, 0.4) is 0 Å². The number of allylic oxidation sites excluding steroid dienone is 2. The molecule has 11 aromatic rings. The van der Waals surface area contributed by atoms with Crippen LogP contribution < -0.4 is 9.47 Å². The summed E-state index contributed by atoms with van der Waals surface area (Å²) >= 11 is 0. The fourth-order valence-corrected chi connectivity index (χ4v) is 15.5. The third-order valence-corrected chi connectivity index (χ3v) is 20.9. The minimum absolute atomic E-state index is 0.0500. The van der Waals surface area contributed by atoms with Gasteiger partial charge < -0.3 is 19.7 Å². The van der Waals surface area contributed by atoms with Crippen LogP contribution in [0.15, 0.2) is 237 Å². The Morgan fingerprint density at radius 1 is 0.472 bits per heavy atom. The third kappa shape index (κ3) is 8.99. The molecule has 0 amide bonds. The lowest BCUT2D eigenvalue weighted by atomic mass is 9.68. The maximum atomic E-state index is 12.4. The molecule has 11 aromatic carbocycles. The number of phenolic OH excluding ortho intramolecular Hbond substituents is 2. The van der Waals surface area contributed by atoms with Crippen LogP contribution in [0, 0.1) is 16.7 Å². The highest BCUT2D eigenvalue weighted by atomic mass is 16.5. The van der Waals surface area contributed by atoms with E-state index in [9.17, 15) is 10.2 Å². The van der Waals surface area contributed by atoms with E-state index in [4.69, 9.17) is 9.47 Å². The van der Waals surface area contributed by atoms with Crippen molar-refractivity contribution in [1.29, 1.82) is 0 Å². The Kier molecular flexibility index (Phi) is 13.3. The number of aromatic hydroxyl groups is 2. The zero-order valence-electron chi connectivity index (χ0n) is 52.3. The van der Waals surface area contributed by atoms with Crippen LogP contribution in [0.25, 0.3) is 65.7 Å². The van der Waals surface area contributed by atoms with E-state index >= 15 is 0 Å². The summed E-state index contributed by atoms with van der Waals surface area (Å²) in [7, 11) is 0. The zero-order chi connectivity index (χ0) is 61.1. The second-order valence-corrected chi connectivity index (χ2v) is 27.5. The predicted octanol–water partition coefficient (Wildman–Crippen LogP) is 21.9. The summed E-state index contributed by atoms with van der Waals surface area (Å²) in [5.41, 5.74) is 16.3. The van der Waals surface area contributed by atoms with Crippen molar-refractivity contribution in [2.24, 2.45) is 16.7 Å². The van der Waals surface area contributed by atoms with Gasteiger partial charge in [-0.1, -0.05) is 243 Å². The van der Waals surface area contributed by atoms with E-state index in [2.05, 4.69) is 286 Å². The lowest BCUT2D eigenvalue weighted by Crippen LogP contribution is -2.33. The molecule has 0 bridgehead atoms. The van der Waals surface area contributed by atoms with E-state index in [1.54, 1.807) is 0 Å². The van der Waals surface area contributed by atoms with Crippen LogP contribution in [-0.4, -0.2) is 10.2 Å². The molecule has 2 atom stereocenters. The molecule has 2 aliphatic carbocycles. The van der Waals surface area contributed by atoms with Gasteiger partial charge in [0.05, 0.1) is 0 Å². The summed E-state index contributed by atoms with van der Waals surface area (Å²) < 4.78 is 15.5. The van der Waals surface area contributed by atoms with E-state index in [0.29, 0.717) is 11.7 Å². The van der Waals surface area contributed by atoms with Gasteiger partial charge in [0.2, 0.25) is 0 Å². The molecule has 4 heteroatoms. The molecule has 0 radical (unpaired) electrons. The summed E-state index contributed by atoms with van der Waals surface area (Å²) in [6.45, 7) is 18.4. The zero-order valence-corrected chi connectivity index (χ0v) is 52.3. The quantitative estimate of drug-likeness (QED) is 0.113. The minimum Gasteiger partial charge on any atom is -0.507 e. The van der Waals surface area contributed by atoms with Gasteiger partial charge in [-0.2, -0.15) is 0 Å². The molecule has 0 fully saturated rings. The van der Waals surface area contributed by atoms with E-state index < -0.39 is 11.2 Å². The van der Waals surface area contributed by atoms with Gasteiger partial charge in [0.15, 0.2) is 11.2 Å². The molecule has 0 aromatic heterocycles. The van der Waals surface area contributed by atoms with Crippen LogP contribution in [0.2, 0.25) is 0 Å². The first-order chi connectivity index (χ1) is 43.1. The first-order valence-electron chi connectivity index (χ1n) is 32.1. The topological polar surface area (TPSA) is 58.9 Å². The Morgan fingerprint density at radius 3 is 1.51 bits per heavy atom. The predicted molar refractivity (Wildman–Crippen MR) is 368 cm³/mol. The Morgan fingerprint density at radius 2 is 0.966 bits per heavy atom. The normalized spacial score (nSPS) is 15.7. The van der Waals surface area contributed by atoms with E-state index in [-0.39, 0.29) is 28.4 Å². The molecule has 4 aliphatic rings. The molecule has 440 valence electrons. The fraction of sp³-hybridized carbons (Fsp3) is 0.224. The van der Waals surface area contributed by atoms with Gasteiger partial charge in [-0.15, -0.1) is 0 Å². The number of fused-ring (bicyclic) bond motifs is 17. The number of rotatable bonds is 13. The summed E-state index contributed by atoms with van der Waals surface area (Å²) in [6.07, 6.45) is 12.9. The van der Waals surface area contributed by atoms with E-state index in [1.807, 2.05) is 6.07 Å². The average molecular weight is 1160 g/mol. The highest BCUT2D eigenvalue weighted by Gasteiger charge is 2.49. The molecular formula is C85H76O4. The van der Waals surface area contributed by atoms with Crippen LogP contribution in [0.5, 0.6) is 23.0 Å². The second-order valence-electron chi connectivity index (χ2n) is 27.5. The number of benzene rings is 11. The van der Waals surface area contributed by atoms with Crippen molar-refractivity contribution in [3.05, 3.63) is 298 Å². The first kappa shape index (κ1) is 56.2. The second kappa shape index (κ2) is 21.2. The lowest BCUT2D eigenvalue weighted by Gasteiger charge is -2.37. The summed E-state index contributed by atoms with van der Waals surface area (Å²) in [5.74, 6) is 2.89. The molecule has 0 saturated carbocycles. The van der Waals surface area contributed by atoms with Gasteiger partial charge in [-0.25, -0.2) is 0 Å². The molecule has 2 N–H and O–H groups in total. The van der Waals surface area contributed by atoms with Crippen molar-refractivity contribution in [1.82, 2.24) is 0 Å². The lowest BCUT2D eigenvalue weighted by molar-refractivity contribution is 0.167. The molecule has 4 nitrogen and oxygen atoms in total. The molecule has 89 heavy (non-hydrogen) atoms. The molecule has 0 saturated heterocycles. The average Bonchev–Trinajstić information content (AvgIpc) is 1.62. The van der Waals surface area contributed by atoms with Gasteiger partial charge >= 0.3 is 0 Å². The largest absolute Gasteiger partial charge is 0.507 e. The standard InChI is InChI=1S/C85H76O4/c1-9-10-44-82(5,6)53(4)60-37-40-67-66(79(60)87)39-42-68-71(50-84(88-80(67)68)73-27-17-13-23-61(73)62-24-14-18-28-74(62)84)56-32-34-57(35-33-56)72-51-85(75-29-19-15-25-63(75)64-26-16-20-30-76(64)85)89-81-69(72)41-38-65-70(81)46-54(48-78(65)86)47-77(83(7,8)45-43-52(2)3)59-36-31-55-21-11-12-22-58(55)49-59/h9-42,46,48-53,77,86-87H,43-45,47H2,1-8H3/b10-9-. The van der Waals surface area contributed by atoms with Gasteiger partial charge in [0, 0.05) is 54.9 Å². The van der Waals surface area contributed by atoms with Crippen molar-refractivity contribution in [3.63, 3.8) is 0 Å². The fourth-order valence-electron chi connectivity index (χ4n) is 15.5. The van der Waals surface area contributed by atoms with Crippen LogP contribution in [0.4, 0.5) is 0 Å². The number of phenols is 2. The van der Waals surface area contributed by atoms with Crippen molar-refractivity contribution >= 4 is 43.5 Å². The summed E-state index contributed by atoms with van der Waals surface area (Å²) in [4.78, 5) is 0. The smallest absolute Gasteiger partial charge is 0.179 e. The number of hydrogen-bond acceptors (Lipinski definition) is 4. The van der Waals surface area contributed by atoms with Crippen LogP contribution in [0.1, 0.15) is 148 Å². The third-order valence-electron chi connectivity index (χ3n) is 20.9. The molecule has 2 spiro atoms. The molecule has 2 heterocycles. The van der Waals surface area contributed by atoms with Gasteiger partial charge in [0.25, 0.3) is 0 Å². The Bertz CT molecular complexity index is 4680. The Hall–Kier alpha value is -9.38. The van der Waals surface area contributed by atoms with E-state index in [0.717, 1.165) is 148 Å². The molecule has 2 unspecified atom stereocenters. The monoisotopic (exact) mass is 1160 g/mol. The van der Waals surface area contributed by atoms with Crippen LogP contribution >= 0.6 is 0 Å². The van der Waals surface area contributed by atoms with Gasteiger partial charge in [0.1, 0.15) is 23.0 Å². The highest BCUT2D eigenvalue weighted by Crippen LogP contribution is 2.60. The minimum atomic E-state index is -0.981. The summed E-state index contributed by atoms with van der Waals surface area (Å²) in [6, 6.07) is 76.5. The highest BCUT2D eigenvalue weighted by molar-refractivity contribution is 6.04. The molecule has 15 rings (SSSR count). The molecule has 2 aliphatic heterocycles. The SMILES string of the molecule is C/C=C\CC(C)(C)C(C)c1ccc2c3c(ccc2c1O)C(c1ccc(C2=CC4(Oc5c2ccc2c(O)cc(CC(c6ccc7ccccc7c6)C(C)(C)CCC(C)C)cc52)c2ccccc2-c2ccccc24)cc1)=CC1(O3)c2ccccc2-c2ccccc21. The van der Waals surface area contributed by atoms with Crippen molar-refractivity contribution in [2.45, 2.75) is 104 Å². The van der Waals surface area contributed by atoms with Crippen molar-refractivity contribution < 1.29 is 19.7 Å².